The Hall–Kier alpha value is -2.83. The topological polar surface area (TPSA) is 76.5 Å². The Labute approximate surface area is 215 Å². The Kier molecular flexibility index (Phi) is 7.48. The van der Waals surface area contributed by atoms with Crippen LogP contribution in [-0.2, 0) is 23.3 Å². The van der Waals surface area contributed by atoms with E-state index in [2.05, 4.69) is 26.1 Å². The Morgan fingerprint density at radius 1 is 1.14 bits per heavy atom. The van der Waals surface area contributed by atoms with Gasteiger partial charge in [0, 0.05) is 18.0 Å². The number of fused-ring (bicyclic) bond motifs is 1. The van der Waals surface area contributed by atoms with Gasteiger partial charge in [0.15, 0.2) is 0 Å². The van der Waals surface area contributed by atoms with E-state index in [1.165, 1.54) is 12.8 Å². The summed E-state index contributed by atoms with van der Waals surface area (Å²) in [6.07, 6.45) is 6.78. The van der Waals surface area contributed by atoms with Gasteiger partial charge >= 0.3 is 0 Å². The highest BCUT2D eigenvalue weighted by Gasteiger charge is 2.48. The molecule has 7 heteroatoms. The summed E-state index contributed by atoms with van der Waals surface area (Å²) in [5.41, 5.74) is 1.11. The molecule has 0 saturated heterocycles. The SMILES string of the molecule is CC(C)Oc1ccc(CN2C(=O)c3cc(C(C)(C)C)nn3C[C@]2(C)C(=O)NC2CCCCCC2)cc1. The summed E-state index contributed by atoms with van der Waals surface area (Å²) < 4.78 is 7.52. The van der Waals surface area contributed by atoms with Crippen LogP contribution in [-0.4, -0.2) is 44.2 Å². The third-order valence-corrected chi connectivity index (χ3v) is 7.38. The van der Waals surface area contributed by atoms with Crippen LogP contribution in [0.4, 0.5) is 0 Å². The van der Waals surface area contributed by atoms with Crippen LogP contribution in [0.25, 0.3) is 0 Å². The standard InChI is InChI=1S/C29H42N4O3/c1-20(2)36-23-15-13-21(14-16-23)18-32-26(34)24-17-25(28(3,4)5)31-33(24)19-29(32,6)27(35)30-22-11-9-7-8-10-12-22/h13-17,20,22H,7-12,18-19H2,1-6H3,(H,30,35)/t29-/m1/s1. The molecule has 7 nitrogen and oxygen atoms in total. The van der Waals surface area contributed by atoms with E-state index in [-0.39, 0.29) is 29.4 Å². The average molecular weight is 495 g/mol. The van der Waals surface area contributed by atoms with E-state index in [0.29, 0.717) is 18.8 Å². The van der Waals surface area contributed by atoms with Crippen LogP contribution in [0.5, 0.6) is 5.75 Å². The van der Waals surface area contributed by atoms with Crippen LogP contribution in [0.15, 0.2) is 30.3 Å². The van der Waals surface area contributed by atoms with Crippen molar-refractivity contribution in [3.63, 3.8) is 0 Å². The van der Waals surface area contributed by atoms with Crippen molar-refractivity contribution in [1.29, 1.82) is 0 Å². The molecule has 4 rings (SSSR count). The maximum Gasteiger partial charge on any atom is 0.273 e. The maximum atomic E-state index is 13.9. The molecule has 196 valence electrons. The average Bonchev–Trinajstić information content (AvgIpc) is 3.07. The number of rotatable bonds is 6. The molecule has 1 atom stereocenters. The molecule has 0 bridgehead atoms. The predicted octanol–water partition coefficient (Wildman–Crippen LogP) is 5.22. The fourth-order valence-corrected chi connectivity index (χ4v) is 5.15. The van der Waals surface area contributed by atoms with E-state index in [4.69, 9.17) is 9.84 Å². The molecule has 0 unspecified atom stereocenters. The lowest BCUT2D eigenvalue weighted by atomic mass is 9.91. The fraction of sp³-hybridized carbons (Fsp3) is 0.621. The number of nitrogens with one attached hydrogen (secondary N) is 1. The first-order chi connectivity index (χ1) is 17.0. The van der Waals surface area contributed by atoms with Gasteiger partial charge in [-0.2, -0.15) is 5.10 Å². The van der Waals surface area contributed by atoms with Crippen LogP contribution in [0.3, 0.4) is 0 Å². The quantitative estimate of drug-likeness (QED) is 0.559. The second kappa shape index (κ2) is 10.3. The minimum absolute atomic E-state index is 0.0906. The summed E-state index contributed by atoms with van der Waals surface area (Å²) in [6, 6.07) is 9.84. The molecule has 36 heavy (non-hydrogen) atoms. The highest BCUT2D eigenvalue weighted by Crippen LogP contribution is 2.32. The van der Waals surface area contributed by atoms with Gasteiger partial charge in [-0.05, 0) is 57.4 Å². The zero-order chi connectivity index (χ0) is 26.1. The number of carbonyl (C=O) groups is 2. The molecular weight excluding hydrogens is 452 g/mol. The summed E-state index contributed by atoms with van der Waals surface area (Å²) in [5.74, 6) is 0.534. The molecule has 1 aromatic carbocycles. The monoisotopic (exact) mass is 494 g/mol. The van der Waals surface area contributed by atoms with Gasteiger partial charge in [-0.1, -0.05) is 58.6 Å². The van der Waals surface area contributed by atoms with E-state index >= 15 is 0 Å². The van der Waals surface area contributed by atoms with Gasteiger partial charge in [0.2, 0.25) is 5.91 Å². The van der Waals surface area contributed by atoms with Crippen LogP contribution in [0, 0.1) is 0 Å². The van der Waals surface area contributed by atoms with Crippen molar-refractivity contribution >= 4 is 11.8 Å². The summed E-state index contributed by atoms with van der Waals surface area (Å²) in [5, 5.41) is 8.08. The van der Waals surface area contributed by atoms with Crippen molar-refractivity contribution in [2.75, 3.05) is 0 Å². The number of aromatic nitrogens is 2. The summed E-state index contributed by atoms with van der Waals surface area (Å²) in [4.78, 5) is 29.5. The minimum Gasteiger partial charge on any atom is -0.491 e. The Bertz CT molecular complexity index is 1070. The number of hydrogen-bond acceptors (Lipinski definition) is 4. The molecule has 1 aromatic heterocycles. The smallest absolute Gasteiger partial charge is 0.273 e. The van der Waals surface area contributed by atoms with E-state index in [1.807, 2.05) is 51.1 Å². The first kappa shape index (κ1) is 26.2. The number of benzene rings is 1. The number of nitrogens with zero attached hydrogens (tertiary/aromatic N) is 3. The van der Waals surface area contributed by atoms with Gasteiger partial charge < -0.3 is 15.0 Å². The van der Waals surface area contributed by atoms with Crippen molar-refractivity contribution < 1.29 is 14.3 Å². The maximum absolute atomic E-state index is 13.9. The number of hydrogen-bond donors (Lipinski definition) is 1. The number of amides is 2. The van der Waals surface area contributed by atoms with Crippen molar-refractivity contribution in [2.45, 2.75) is 116 Å². The van der Waals surface area contributed by atoms with Crippen molar-refractivity contribution in [1.82, 2.24) is 20.0 Å². The van der Waals surface area contributed by atoms with Gasteiger partial charge in [-0.15, -0.1) is 0 Å². The minimum atomic E-state index is -1.05. The zero-order valence-corrected chi connectivity index (χ0v) is 22.8. The molecule has 1 aliphatic carbocycles. The Morgan fingerprint density at radius 3 is 2.36 bits per heavy atom. The van der Waals surface area contributed by atoms with Gasteiger partial charge in [-0.3, -0.25) is 14.3 Å². The molecule has 2 heterocycles. The van der Waals surface area contributed by atoms with Gasteiger partial charge in [-0.25, -0.2) is 0 Å². The molecule has 2 aliphatic rings. The van der Waals surface area contributed by atoms with Crippen LogP contribution < -0.4 is 10.1 Å². The lowest BCUT2D eigenvalue weighted by molar-refractivity contribution is -0.134. The van der Waals surface area contributed by atoms with Crippen molar-refractivity contribution in [3.05, 3.63) is 47.3 Å². The third kappa shape index (κ3) is 5.60. The van der Waals surface area contributed by atoms with Crippen molar-refractivity contribution in [2.24, 2.45) is 0 Å². The summed E-state index contributed by atoms with van der Waals surface area (Å²) >= 11 is 0. The largest absolute Gasteiger partial charge is 0.491 e. The van der Waals surface area contributed by atoms with E-state index in [9.17, 15) is 9.59 Å². The van der Waals surface area contributed by atoms with Crippen LogP contribution >= 0.6 is 0 Å². The van der Waals surface area contributed by atoms with E-state index in [0.717, 1.165) is 42.7 Å². The Morgan fingerprint density at radius 2 is 1.78 bits per heavy atom. The van der Waals surface area contributed by atoms with Gasteiger partial charge in [0.05, 0.1) is 18.3 Å². The molecule has 2 amide bonds. The molecule has 0 radical (unpaired) electrons. The van der Waals surface area contributed by atoms with Crippen molar-refractivity contribution in [3.8, 4) is 5.75 Å². The molecular formula is C29H42N4O3. The first-order valence-corrected chi connectivity index (χ1v) is 13.4. The Balaban J connectivity index is 1.65. The van der Waals surface area contributed by atoms with Crippen LogP contribution in [0.1, 0.15) is 102 Å². The van der Waals surface area contributed by atoms with Crippen LogP contribution in [0.2, 0.25) is 0 Å². The second-order valence-corrected chi connectivity index (χ2v) is 12.0. The molecule has 1 aliphatic heterocycles. The highest BCUT2D eigenvalue weighted by molar-refractivity contribution is 5.99. The molecule has 2 aromatic rings. The molecule has 1 N–H and O–H groups in total. The lowest BCUT2D eigenvalue weighted by Gasteiger charge is -2.44. The zero-order valence-electron chi connectivity index (χ0n) is 22.8. The molecule has 1 saturated carbocycles. The third-order valence-electron chi connectivity index (χ3n) is 7.38. The van der Waals surface area contributed by atoms with Gasteiger partial charge in [0.1, 0.15) is 17.0 Å². The van der Waals surface area contributed by atoms with E-state index in [1.54, 1.807) is 9.58 Å². The lowest BCUT2D eigenvalue weighted by Crippen LogP contribution is -2.64. The normalized spacial score (nSPS) is 21.3. The summed E-state index contributed by atoms with van der Waals surface area (Å²) in [7, 11) is 0. The highest BCUT2D eigenvalue weighted by atomic mass is 16.5. The van der Waals surface area contributed by atoms with Gasteiger partial charge in [0.25, 0.3) is 5.91 Å². The van der Waals surface area contributed by atoms with E-state index < -0.39 is 5.54 Å². The summed E-state index contributed by atoms with van der Waals surface area (Å²) in [6.45, 7) is 12.8. The number of ether oxygens (including phenoxy) is 1. The number of carbonyl (C=O) groups excluding carboxylic acids is 2. The second-order valence-electron chi connectivity index (χ2n) is 12.0. The fourth-order valence-electron chi connectivity index (χ4n) is 5.15. The molecule has 0 spiro atoms. The molecule has 1 fully saturated rings. The predicted molar refractivity (Wildman–Crippen MR) is 141 cm³/mol. The first-order valence-electron chi connectivity index (χ1n) is 13.4.